The van der Waals surface area contributed by atoms with E-state index < -0.39 is 0 Å². The molecule has 0 radical (unpaired) electrons. The molecule has 0 spiro atoms. The summed E-state index contributed by atoms with van der Waals surface area (Å²) in [6.45, 7) is 0.417. The molecule has 3 nitrogen and oxygen atoms in total. The molecule has 0 aliphatic rings. The minimum Gasteiger partial charge on any atom is -0.407 e. The van der Waals surface area contributed by atoms with Crippen molar-refractivity contribution in [2.75, 3.05) is 0 Å². The Hall–Kier alpha value is -2.78. The van der Waals surface area contributed by atoms with Crippen LogP contribution in [0.1, 0.15) is 5.56 Å². The second kappa shape index (κ2) is 6.38. The molecule has 0 atom stereocenters. The van der Waals surface area contributed by atoms with Gasteiger partial charge >= 0.3 is 0 Å². The Kier molecular flexibility index (Phi) is 3.93. The minimum absolute atomic E-state index is 0.417. The van der Waals surface area contributed by atoms with Gasteiger partial charge in [0.2, 0.25) is 0 Å². The van der Waals surface area contributed by atoms with Crippen LogP contribution < -0.4 is 4.84 Å². The molecule has 4 heteroatoms. The molecule has 0 unspecified atom stereocenters. The molecule has 0 bridgehead atoms. The summed E-state index contributed by atoms with van der Waals surface area (Å²) in [7, 11) is 0. The van der Waals surface area contributed by atoms with E-state index in [0.717, 1.165) is 28.0 Å². The number of halogens is 1. The fraction of sp³-hybridized carbons (Fsp3) is 0.0500. The van der Waals surface area contributed by atoms with Gasteiger partial charge < -0.3 is 4.84 Å². The zero-order chi connectivity index (χ0) is 16.4. The maximum atomic E-state index is 6.08. The molecule has 24 heavy (non-hydrogen) atoms. The third kappa shape index (κ3) is 2.86. The van der Waals surface area contributed by atoms with Crippen molar-refractivity contribution in [1.29, 1.82) is 0 Å². The summed E-state index contributed by atoms with van der Waals surface area (Å²) in [5, 5.41) is 0.704. The lowest BCUT2D eigenvalue weighted by Crippen LogP contribution is -2.12. The van der Waals surface area contributed by atoms with E-state index in [4.69, 9.17) is 21.4 Å². The third-order valence-corrected chi connectivity index (χ3v) is 4.04. The predicted octanol–water partition coefficient (Wildman–Crippen LogP) is 4.99. The van der Waals surface area contributed by atoms with E-state index >= 15 is 0 Å². The molecule has 118 valence electrons. The molecule has 0 amide bonds. The first kappa shape index (κ1) is 14.8. The number of benzene rings is 3. The van der Waals surface area contributed by atoms with Gasteiger partial charge in [0.05, 0.1) is 5.52 Å². The fourth-order valence-electron chi connectivity index (χ4n) is 2.67. The molecule has 3 aromatic carbocycles. The molecule has 0 aliphatic carbocycles. The summed E-state index contributed by atoms with van der Waals surface area (Å²) in [4.78, 5) is 10.8. The lowest BCUT2D eigenvalue weighted by molar-refractivity contribution is 0.110. The quantitative estimate of drug-likeness (QED) is 0.526. The van der Waals surface area contributed by atoms with Gasteiger partial charge in [-0.15, -0.1) is 0 Å². The van der Waals surface area contributed by atoms with Gasteiger partial charge in [-0.2, -0.15) is 4.73 Å². The van der Waals surface area contributed by atoms with Crippen molar-refractivity contribution in [3.8, 4) is 11.4 Å². The number of hydrogen-bond acceptors (Lipinski definition) is 2. The van der Waals surface area contributed by atoms with Crippen molar-refractivity contribution in [1.82, 2.24) is 9.71 Å². The van der Waals surface area contributed by atoms with Gasteiger partial charge in [-0.05, 0) is 29.8 Å². The third-order valence-electron chi connectivity index (χ3n) is 3.80. The molecule has 0 saturated carbocycles. The summed E-state index contributed by atoms with van der Waals surface area (Å²) in [5.74, 6) is 0.791. The largest absolute Gasteiger partial charge is 0.407 e. The van der Waals surface area contributed by atoms with E-state index in [-0.39, 0.29) is 0 Å². The standard InChI is InChI=1S/C20H15ClN2O/c21-17-10-6-7-15(13-17)14-24-23-19-12-5-4-11-18(19)22-20(23)16-8-2-1-3-9-16/h1-13H,14H2. The second-order valence-corrected chi connectivity index (χ2v) is 5.92. The van der Waals surface area contributed by atoms with Crippen LogP contribution in [0, 0.1) is 0 Å². The monoisotopic (exact) mass is 334 g/mol. The highest BCUT2D eigenvalue weighted by atomic mass is 35.5. The van der Waals surface area contributed by atoms with Crippen molar-refractivity contribution in [2.24, 2.45) is 0 Å². The Morgan fingerprint density at radius 2 is 1.67 bits per heavy atom. The van der Waals surface area contributed by atoms with E-state index in [0.29, 0.717) is 11.6 Å². The zero-order valence-corrected chi connectivity index (χ0v) is 13.6. The van der Waals surface area contributed by atoms with Crippen LogP contribution in [0.4, 0.5) is 0 Å². The smallest absolute Gasteiger partial charge is 0.176 e. The highest BCUT2D eigenvalue weighted by Crippen LogP contribution is 2.24. The van der Waals surface area contributed by atoms with Crippen LogP contribution in [0.5, 0.6) is 0 Å². The summed E-state index contributed by atoms with van der Waals surface area (Å²) in [6, 6.07) is 25.7. The first-order valence-electron chi connectivity index (χ1n) is 7.72. The molecule has 0 saturated heterocycles. The molecular formula is C20H15ClN2O. The summed E-state index contributed by atoms with van der Waals surface area (Å²) in [6.07, 6.45) is 0. The maximum Gasteiger partial charge on any atom is 0.176 e. The number of aromatic nitrogens is 2. The van der Waals surface area contributed by atoms with E-state index in [1.54, 1.807) is 4.73 Å². The van der Waals surface area contributed by atoms with Crippen molar-refractivity contribution in [3.63, 3.8) is 0 Å². The lowest BCUT2D eigenvalue weighted by atomic mass is 10.2. The minimum atomic E-state index is 0.417. The number of nitrogens with zero attached hydrogens (tertiary/aromatic N) is 2. The van der Waals surface area contributed by atoms with Crippen LogP contribution in [0.2, 0.25) is 5.02 Å². The highest BCUT2D eigenvalue weighted by molar-refractivity contribution is 6.30. The van der Waals surface area contributed by atoms with Crippen molar-refractivity contribution >= 4 is 22.6 Å². The zero-order valence-electron chi connectivity index (χ0n) is 12.9. The number of hydrogen-bond donors (Lipinski definition) is 0. The fourth-order valence-corrected chi connectivity index (χ4v) is 2.88. The van der Waals surface area contributed by atoms with Gasteiger partial charge in [-0.3, -0.25) is 0 Å². The van der Waals surface area contributed by atoms with Crippen LogP contribution in [0.25, 0.3) is 22.4 Å². The van der Waals surface area contributed by atoms with Crippen LogP contribution >= 0.6 is 11.6 Å². The number of fused-ring (bicyclic) bond motifs is 1. The Bertz CT molecular complexity index is 979. The summed E-state index contributed by atoms with van der Waals surface area (Å²) in [5.41, 5.74) is 3.87. The topological polar surface area (TPSA) is 27.1 Å². The first-order valence-corrected chi connectivity index (χ1v) is 8.10. The Morgan fingerprint density at radius 1 is 0.875 bits per heavy atom. The molecule has 1 aromatic heterocycles. The van der Waals surface area contributed by atoms with E-state index in [1.165, 1.54) is 0 Å². The van der Waals surface area contributed by atoms with Gasteiger partial charge in [-0.25, -0.2) is 4.98 Å². The molecule has 0 aliphatic heterocycles. The van der Waals surface area contributed by atoms with Gasteiger partial charge in [0.1, 0.15) is 12.1 Å². The van der Waals surface area contributed by atoms with Crippen molar-refractivity contribution < 1.29 is 4.84 Å². The van der Waals surface area contributed by atoms with E-state index in [9.17, 15) is 0 Å². The second-order valence-electron chi connectivity index (χ2n) is 5.49. The maximum absolute atomic E-state index is 6.08. The van der Waals surface area contributed by atoms with Crippen LogP contribution in [-0.2, 0) is 6.61 Å². The van der Waals surface area contributed by atoms with E-state index in [2.05, 4.69) is 0 Å². The Balaban J connectivity index is 1.75. The molecule has 0 N–H and O–H groups in total. The molecule has 0 fully saturated rings. The van der Waals surface area contributed by atoms with Crippen molar-refractivity contribution in [2.45, 2.75) is 6.61 Å². The van der Waals surface area contributed by atoms with Crippen LogP contribution in [0.15, 0.2) is 78.9 Å². The van der Waals surface area contributed by atoms with Gasteiger partial charge in [-0.1, -0.05) is 66.2 Å². The lowest BCUT2D eigenvalue weighted by Gasteiger charge is -2.11. The van der Waals surface area contributed by atoms with Gasteiger partial charge in [0.25, 0.3) is 0 Å². The molecule has 4 rings (SSSR count). The normalized spacial score (nSPS) is 10.9. The Labute approximate surface area is 145 Å². The molecule has 4 aromatic rings. The highest BCUT2D eigenvalue weighted by Gasteiger charge is 2.13. The average Bonchev–Trinajstić information content (AvgIpc) is 2.99. The van der Waals surface area contributed by atoms with Crippen molar-refractivity contribution in [3.05, 3.63) is 89.4 Å². The van der Waals surface area contributed by atoms with Crippen LogP contribution in [-0.4, -0.2) is 9.71 Å². The predicted molar refractivity (Wildman–Crippen MR) is 96.9 cm³/mol. The number of rotatable bonds is 4. The van der Waals surface area contributed by atoms with E-state index in [1.807, 2.05) is 78.9 Å². The summed E-state index contributed by atoms with van der Waals surface area (Å²) < 4.78 is 1.80. The molecule has 1 heterocycles. The average molecular weight is 335 g/mol. The van der Waals surface area contributed by atoms with Gasteiger partial charge in [0, 0.05) is 10.6 Å². The molecular weight excluding hydrogens is 320 g/mol. The first-order chi connectivity index (χ1) is 11.8. The van der Waals surface area contributed by atoms with Gasteiger partial charge in [0.15, 0.2) is 5.82 Å². The number of imidazole rings is 1. The summed E-state index contributed by atoms with van der Waals surface area (Å²) >= 11 is 6.05. The Morgan fingerprint density at radius 3 is 2.50 bits per heavy atom. The number of para-hydroxylation sites is 2. The van der Waals surface area contributed by atoms with Crippen LogP contribution in [0.3, 0.4) is 0 Å². The SMILES string of the molecule is Clc1cccc(COn2c(-c3ccccc3)nc3ccccc32)c1.